The number of hydrogen-bond donors (Lipinski definition) is 1. The first kappa shape index (κ1) is 19.5. The number of morpholine rings is 1. The lowest BCUT2D eigenvalue weighted by Crippen LogP contribution is -2.49. The van der Waals surface area contributed by atoms with E-state index in [-0.39, 0.29) is 18.7 Å². The molecule has 0 spiro atoms. The zero-order chi connectivity index (χ0) is 20.1. The van der Waals surface area contributed by atoms with Gasteiger partial charge in [0.2, 0.25) is 5.91 Å². The van der Waals surface area contributed by atoms with Gasteiger partial charge in [-0.05, 0) is 18.1 Å². The smallest absolute Gasteiger partial charge is 0.323 e. The maximum Gasteiger partial charge on any atom is 0.323 e. The molecule has 1 atom stereocenters. The summed E-state index contributed by atoms with van der Waals surface area (Å²) in [6.07, 6.45) is -0.0895. The third-order valence-electron chi connectivity index (χ3n) is 4.65. The molecule has 1 aliphatic heterocycles. The van der Waals surface area contributed by atoms with Crippen molar-refractivity contribution in [2.24, 2.45) is 0 Å². The molecule has 1 heterocycles. The second kappa shape index (κ2) is 8.62. The molecule has 0 unspecified atom stereocenters. The molecule has 146 valence electrons. The van der Waals surface area contributed by atoms with Crippen molar-refractivity contribution in [3.8, 4) is 0 Å². The molecule has 0 aliphatic carbocycles. The quantitative estimate of drug-likeness (QED) is 0.467. The van der Waals surface area contributed by atoms with Gasteiger partial charge in [-0.3, -0.25) is 24.6 Å². The van der Waals surface area contributed by atoms with E-state index in [9.17, 15) is 19.7 Å². The van der Waals surface area contributed by atoms with E-state index in [2.05, 4.69) is 5.32 Å². The van der Waals surface area contributed by atoms with Gasteiger partial charge in [0.25, 0.3) is 5.69 Å². The number of rotatable bonds is 6. The Bertz CT molecular complexity index is 885. The number of nitro groups is 1. The molecule has 1 aliphatic rings. The summed E-state index contributed by atoms with van der Waals surface area (Å²) in [4.78, 5) is 37.2. The van der Waals surface area contributed by atoms with Crippen LogP contribution in [0.5, 0.6) is 0 Å². The van der Waals surface area contributed by atoms with Gasteiger partial charge in [-0.1, -0.05) is 36.4 Å². The van der Waals surface area contributed by atoms with E-state index in [1.165, 1.54) is 12.1 Å². The molecular weight excluding hydrogens is 362 g/mol. The number of esters is 1. The molecule has 0 saturated carbocycles. The van der Waals surface area contributed by atoms with E-state index in [1.807, 2.05) is 35.2 Å². The van der Waals surface area contributed by atoms with Crippen LogP contribution < -0.4 is 5.32 Å². The highest BCUT2D eigenvalue weighted by molar-refractivity contribution is 5.95. The number of carbonyl (C=O) groups is 2. The van der Waals surface area contributed by atoms with Crippen LogP contribution in [0.1, 0.15) is 17.5 Å². The van der Waals surface area contributed by atoms with Gasteiger partial charge in [0.1, 0.15) is 12.6 Å². The number of aryl methyl sites for hydroxylation is 1. The van der Waals surface area contributed by atoms with Crippen LogP contribution >= 0.6 is 0 Å². The Kier molecular flexibility index (Phi) is 6.00. The predicted octanol–water partition coefficient (Wildman–Crippen LogP) is 2.66. The highest BCUT2D eigenvalue weighted by Crippen LogP contribution is 2.23. The molecule has 0 radical (unpaired) electrons. The number of nitrogens with one attached hydrogen (secondary N) is 1. The van der Waals surface area contributed by atoms with Crippen molar-refractivity contribution >= 4 is 23.3 Å². The zero-order valence-electron chi connectivity index (χ0n) is 15.5. The Morgan fingerprint density at radius 1 is 1.29 bits per heavy atom. The Hall–Kier alpha value is -3.26. The van der Waals surface area contributed by atoms with Crippen LogP contribution in [0, 0.1) is 17.0 Å². The number of nitrogens with zero attached hydrogens (tertiary/aromatic N) is 2. The molecule has 1 saturated heterocycles. The predicted molar refractivity (Wildman–Crippen MR) is 103 cm³/mol. The topological polar surface area (TPSA) is 102 Å². The first-order valence-corrected chi connectivity index (χ1v) is 8.93. The number of nitro benzene ring substituents is 1. The summed E-state index contributed by atoms with van der Waals surface area (Å²) >= 11 is 0. The van der Waals surface area contributed by atoms with Crippen molar-refractivity contribution in [1.29, 1.82) is 0 Å². The summed E-state index contributed by atoms with van der Waals surface area (Å²) in [5, 5.41) is 13.6. The van der Waals surface area contributed by atoms with Crippen LogP contribution in [0.25, 0.3) is 0 Å². The fraction of sp³-hybridized carbons (Fsp3) is 0.300. The minimum absolute atomic E-state index is 0.0895. The van der Waals surface area contributed by atoms with Crippen LogP contribution in [-0.2, 0) is 20.9 Å². The van der Waals surface area contributed by atoms with Gasteiger partial charge >= 0.3 is 5.97 Å². The van der Waals surface area contributed by atoms with E-state index < -0.39 is 22.8 Å². The zero-order valence-corrected chi connectivity index (χ0v) is 15.5. The monoisotopic (exact) mass is 383 g/mol. The van der Waals surface area contributed by atoms with Crippen LogP contribution in [0.4, 0.5) is 11.4 Å². The molecule has 2 aromatic rings. The number of non-ortho nitro benzene ring substituents is 1. The van der Waals surface area contributed by atoms with Crippen molar-refractivity contribution in [1.82, 2.24) is 4.90 Å². The van der Waals surface area contributed by atoms with Gasteiger partial charge in [0.05, 0.1) is 17.0 Å². The van der Waals surface area contributed by atoms with Crippen LogP contribution in [0.2, 0.25) is 0 Å². The average molecular weight is 383 g/mol. The first-order chi connectivity index (χ1) is 13.4. The van der Waals surface area contributed by atoms with Crippen LogP contribution in [0.15, 0.2) is 48.5 Å². The summed E-state index contributed by atoms with van der Waals surface area (Å²) < 4.78 is 5.13. The van der Waals surface area contributed by atoms with Crippen molar-refractivity contribution in [2.45, 2.75) is 25.9 Å². The SMILES string of the molecule is Cc1ccc([N+](=O)[O-])cc1NC(=O)C[C@@H]1C(=O)OCCN1Cc1ccccc1. The first-order valence-electron chi connectivity index (χ1n) is 8.93. The highest BCUT2D eigenvalue weighted by Gasteiger charge is 2.33. The fourth-order valence-electron chi connectivity index (χ4n) is 3.12. The Morgan fingerprint density at radius 3 is 2.75 bits per heavy atom. The molecule has 1 fully saturated rings. The Morgan fingerprint density at radius 2 is 2.04 bits per heavy atom. The van der Waals surface area contributed by atoms with Gasteiger partial charge < -0.3 is 10.1 Å². The van der Waals surface area contributed by atoms with Crippen molar-refractivity contribution in [3.05, 3.63) is 69.8 Å². The Balaban J connectivity index is 1.71. The number of carbonyl (C=O) groups excluding carboxylic acids is 2. The highest BCUT2D eigenvalue weighted by atomic mass is 16.6. The van der Waals surface area contributed by atoms with E-state index in [1.54, 1.807) is 13.0 Å². The van der Waals surface area contributed by atoms with Gasteiger partial charge in [-0.25, -0.2) is 0 Å². The maximum atomic E-state index is 12.5. The lowest BCUT2D eigenvalue weighted by molar-refractivity contribution is -0.384. The normalized spacial score (nSPS) is 17.0. The van der Waals surface area contributed by atoms with Crippen LogP contribution in [-0.4, -0.2) is 40.9 Å². The van der Waals surface area contributed by atoms with Crippen LogP contribution in [0.3, 0.4) is 0 Å². The molecule has 28 heavy (non-hydrogen) atoms. The van der Waals surface area contributed by atoms with Crippen molar-refractivity contribution in [3.63, 3.8) is 0 Å². The molecule has 8 nitrogen and oxygen atoms in total. The molecule has 8 heteroatoms. The number of amides is 1. The summed E-state index contributed by atoms with van der Waals surface area (Å²) in [7, 11) is 0. The van der Waals surface area contributed by atoms with Gasteiger partial charge in [-0.2, -0.15) is 0 Å². The lowest BCUT2D eigenvalue weighted by Gasteiger charge is -2.33. The van der Waals surface area contributed by atoms with E-state index in [4.69, 9.17) is 4.74 Å². The molecule has 0 aromatic heterocycles. The molecular formula is C20H21N3O5. The summed E-state index contributed by atoms with van der Waals surface area (Å²) in [6, 6.07) is 13.2. The van der Waals surface area contributed by atoms with Crippen molar-refractivity contribution < 1.29 is 19.2 Å². The number of ether oxygens (including phenoxy) is 1. The second-order valence-electron chi connectivity index (χ2n) is 6.65. The molecule has 2 aromatic carbocycles. The minimum atomic E-state index is -0.701. The summed E-state index contributed by atoms with van der Waals surface area (Å²) in [5.41, 5.74) is 1.99. The number of benzene rings is 2. The Labute approximate surface area is 162 Å². The number of hydrogen-bond acceptors (Lipinski definition) is 6. The van der Waals surface area contributed by atoms with Crippen molar-refractivity contribution in [2.75, 3.05) is 18.5 Å². The van der Waals surface area contributed by atoms with Gasteiger partial charge in [0.15, 0.2) is 0 Å². The maximum absolute atomic E-state index is 12.5. The van der Waals surface area contributed by atoms with E-state index in [0.29, 0.717) is 24.3 Å². The third-order valence-corrected chi connectivity index (χ3v) is 4.65. The van der Waals surface area contributed by atoms with E-state index in [0.717, 1.165) is 5.56 Å². The fourth-order valence-corrected chi connectivity index (χ4v) is 3.12. The average Bonchev–Trinajstić information content (AvgIpc) is 2.67. The number of anilines is 1. The molecule has 1 N–H and O–H groups in total. The van der Waals surface area contributed by atoms with Gasteiger partial charge in [0, 0.05) is 25.2 Å². The molecule has 1 amide bonds. The third kappa shape index (κ3) is 4.72. The summed E-state index contributed by atoms with van der Waals surface area (Å²) in [5.74, 6) is -0.835. The number of cyclic esters (lactones) is 1. The lowest BCUT2D eigenvalue weighted by atomic mass is 10.1. The molecule has 3 rings (SSSR count). The molecule has 0 bridgehead atoms. The summed E-state index contributed by atoms with van der Waals surface area (Å²) in [6.45, 7) is 3.10. The standard InChI is InChI=1S/C20H21N3O5/c1-14-7-8-16(23(26)27)11-17(14)21-19(24)12-18-20(25)28-10-9-22(18)13-15-5-3-2-4-6-15/h2-8,11,18H,9-10,12-13H2,1H3,(H,21,24)/t18-/m1/s1. The van der Waals surface area contributed by atoms with Gasteiger partial charge in [-0.15, -0.1) is 0 Å². The largest absolute Gasteiger partial charge is 0.463 e. The minimum Gasteiger partial charge on any atom is -0.463 e. The second-order valence-corrected chi connectivity index (χ2v) is 6.65. The van der Waals surface area contributed by atoms with E-state index >= 15 is 0 Å².